The molecule has 0 saturated heterocycles. The quantitative estimate of drug-likeness (QED) is 0.647. The van der Waals surface area contributed by atoms with E-state index in [1.165, 1.54) is 0 Å². The van der Waals surface area contributed by atoms with Crippen LogP contribution in [-0.4, -0.2) is 19.9 Å². The molecule has 1 aliphatic rings. The van der Waals surface area contributed by atoms with E-state index in [0.29, 0.717) is 32.4 Å². The van der Waals surface area contributed by atoms with Crippen molar-refractivity contribution in [3.8, 4) is 5.69 Å². The first-order valence-corrected chi connectivity index (χ1v) is 10.5. The summed E-state index contributed by atoms with van der Waals surface area (Å²) in [5, 5.41) is 8.07. The normalized spacial score (nSPS) is 15.7. The lowest BCUT2D eigenvalue weighted by Crippen LogP contribution is -2.17. The Labute approximate surface area is 165 Å². The summed E-state index contributed by atoms with van der Waals surface area (Å²) < 4.78 is 14.3. The summed E-state index contributed by atoms with van der Waals surface area (Å²) in [6, 6.07) is 14.4. The average Bonchev–Trinajstić information content (AvgIpc) is 3.12. The van der Waals surface area contributed by atoms with Crippen LogP contribution in [0.1, 0.15) is 21.6 Å². The minimum Gasteiger partial charge on any atom is -0.306 e. The van der Waals surface area contributed by atoms with E-state index in [1.807, 2.05) is 24.3 Å². The standard InChI is InChI=1S/C18H13BrClN3O2S/c19-15-7-2-1-6-13(15)18(24)21-17-14-9-26(25)10-16(14)22-23(17)12-5-3-4-11(20)8-12/h1-8H,9-10H2,(H,21,24). The molecule has 0 saturated carbocycles. The maximum Gasteiger partial charge on any atom is 0.257 e. The molecule has 1 unspecified atom stereocenters. The number of carbonyl (C=O) groups excluding carboxylic acids is 1. The van der Waals surface area contributed by atoms with Gasteiger partial charge in [0, 0.05) is 25.9 Å². The molecule has 8 heteroatoms. The van der Waals surface area contributed by atoms with Crippen LogP contribution in [0, 0.1) is 0 Å². The first-order valence-electron chi connectivity index (χ1n) is 7.80. The van der Waals surface area contributed by atoms with Gasteiger partial charge in [0.15, 0.2) is 0 Å². The highest BCUT2D eigenvalue weighted by molar-refractivity contribution is 9.10. The van der Waals surface area contributed by atoms with Gasteiger partial charge < -0.3 is 5.32 Å². The van der Waals surface area contributed by atoms with Gasteiger partial charge in [-0.1, -0.05) is 29.8 Å². The Morgan fingerprint density at radius 1 is 1.19 bits per heavy atom. The lowest BCUT2D eigenvalue weighted by Gasteiger charge is -2.12. The minimum atomic E-state index is -0.994. The monoisotopic (exact) mass is 449 g/mol. The molecule has 2 aromatic carbocycles. The van der Waals surface area contributed by atoms with E-state index in [9.17, 15) is 9.00 Å². The van der Waals surface area contributed by atoms with Crippen molar-refractivity contribution in [3.05, 3.63) is 74.8 Å². The number of rotatable bonds is 3. The average molecular weight is 451 g/mol. The number of carbonyl (C=O) groups is 1. The maximum absolute atomic E-state index is 12.8. The summed E-state index contributed by atoms with van der Waals surface area (Å²) >= 11 is 9.50. The van der Waals surface area contributed by atoms with Gasteiger partial charge in [0.25, 0.3) is 5.91 Å². The molecule has 1 N–H and O–H groups in total. The summed E-state index contributed by atoms with van der Waals surface area (Å²) in [6.45, 7) is 0. The summed E-state index contributed by atoms with van der Waals surface area (Å²) in [7, 11) is -0.994. The number of halogens is 2. The number of nitrogens with zero attached hydrogens (tertiary/aromatic N) is 2. The number of anilines is 1. The van der Waals surface area contributed by atoms with Crippen LogP contribution in [0.15, 0.2) is 53.0 Å². The molecule has 0 aliphatic carbocycles. The van der Waals surface area contributed by atoms with Crippen LogP contribution in [0.5, 0.6) is 0 Å². The Kier molecular flexibility index (Phi) is 4.69. The highest BCUT2D eigenvalue weighted by Gasteiger charge is 2.28. The van der Waals surface area contributed by atoms with E-state index in [1.54, 1.807) is 28.9 Å². The van der Waals surface area contributed by atoms with Crippen LogP contribution in [0.3, 0.4) is 0 Å². The Hall–Kier alpha value is -1.96. The fraction of sp³-hybridized carbons (Fsp3) is 0.111. The lowest BCUT2D eigenvalue weighted by molar-refractivity contribution is 0.102. The van der Waals surface area contributed by atoms with E-state index in [-0.39, 0.29) is 5.91 Å². The van der Waals surface area contributed by atoms with E-state index < -0.39 is 10.8 Å². The van der Waals surface area contributed by atoms with Gasteiger partial charge in [0.05, 0.1) is 28.5 Å². The van der Waals surface area contributed by atoms with Crippen LogP contribution in [0.2, 0.25) is 5.02 Å². The topological polar surface area (TPSA) is 64.0 Å². The Bertz CT molecular complexity index is 1050. The van der Waals surface area contributed by atoms with Crippen molar-refractivity contribution in [2.75, 3.05) is 5.32 Å². The van der Waals surface area contributed by atoms with Crippen molar-refractivity contribution in [1.82, 2.24) is 9.78 Å². The number of nitrogens with one attached hydrogen (secondary N) is 1. The van der Waals surface area contributed by atoms with Crippen LogP contribution in [-0.2, 0) is 22.3 Å². The van der Waals surface area contributed by atoms with E-state index in [2.05, 4.69) is 26.3 Å². The molecule has 1 atom stereocenters. The predicted molar refractivity (Wildman–Crippen MR) is 106 cm³/mol. The third kappa shape index (κ3) is 3.22. The number of hydrogen-bond donors (Lipinski definition) is 1. The molecule has 5 nitrogen and oxygen atoms in total. The number of amides is 1. The van der Waals surface area contributed by atoms with Crippen LogP contribution in [0.25, 0.3) is 5.69 Å². The van der Waals surface area contributed by atoms with E-state index in [0.717, 1.165) is 16.9 Å². The molecule has 26 heavy (non-hydrogen) atoms. The molecule has 0 bridgehead atoms. The van der Waals surface area contributed by atoms with Crippen molar-refractivity contribution < 1.29 is 9.00 Å². The first kappa shape index (κ1) is 17.5. The van der Waals surface area contributed by atoms with Crippen molar-refractivity contribution in [1.29, 1.82) is 0 Å². The highest BCUT2D eigenvalue weighted by Crippen LogP contribution is 2.32. The Morgan fingerprint density at radius 2 is 2.00 bits per heavy atom. The lowest BCUT2D eigenvalue weighted by atomic mass is 10.2. The molecule has 1 aliphatic heterocycles. The summed E-state index contributed by atoms with van der Waals surface area (Å²) in [5.74, 6) is 1.04. The zero-order valence-electron chi connectivity index (χ0n) is 13.4. The molecular weight excluding hydrogens is 438 g/mol. The van der Waals surface area contributed by atoms with Gasteiger partial charge in [-0.25, -0.2) is 4.68 Å². The van der Waals surface area contributed by atoms with Gasteiger partial charge >= 0.3 is 0 Å². The molecule has 3 aromatic rings. The zero-order chi connectivity index (χ0) is 18.3. The van der Waals surface area contributed by atoms with Gasteiger partial charge in [-0.05, 0) is 46.3 Å². The van der Waals surface area contributed by atoms with E-state index >= 15 is 0 Å². The molecule has 2 heterocycles. The second kappa shape index (κ2) is 6.98. The minimum absolute atomic E-state index is 0.263. The molecule has 132 valence electrons. The van der Waals surface area contributed by atoms with Gasteiger partial charge in [-0.3, -0.25) is 9.00 Å². The number of hydrogen-bond acceptors (Lipinski definition) is 3. The van der Waals surface area contributed by atoms with Crippen LogP contribution < -0.4 is 5.32 Å². The molecule has 0 fully saturated rings. The smallest absolute Gasteiger partial charge is 0.257 e. The molecule has 0 radical (unpaired) electrons. The molecular formula is C18H13BrClN3O2S. The first-order chi connectivity index (χ1) is 12.5. The molecule has 4 rings (SSSR count). The summed E-state index contributed by atoms with van der Waals surface area (Å²) in [4.78, 5) is 12.8. The zero-order valence-corrected chi connectivity index (χ0v) is 16.6. The molecule has 0 spiro atoms. The maximum atomic E-state index is 12.8. The van der Waals surface area contributed by atoms with Crippen LogP contribution in [0.4, 0.5) is 5.82 Å². The SMILES string of the molecule is O=C(Nc1c2c(nn1-c1cccc(Cl)c1)CS(=O)C2)c1ccccc1Br. The number of benzene rings is 2. The highest BCUT2D eigenvalue weighted by atomic mass is 79.9. The molecule has 1 aromatic heterocycles. The van der Waals surface area contributed by atoms with Crippen LogP contribution >= 0.6 is 27.5 Å². The van der Waals surface area contributed by atoms with Gasteiger partial charge in [0.2, 0.25) is 0 Å². The largest absolute Gasteiger partial charge is 0.306 e. The second-order valence-corrected chi connectivity index (χ2v) is 8.58. The fourth-order valence-corrected chi connectivity index (χ4v) is 4.78. The predicted octanol–water partition coefficient (Wildman–Crippen LogP) is 4.30. The van der Waals surface area contributed by atoms with Crippen molar-refractivity contribution in [2.24, 2.45) is 0 Å². The van der Waals surface area contributed by atoms with Gasteiger partial charge in [0.1, 0.15) is 5.82 Å². The fourth-order valence-electron chi connectivity index (χ4n) is 2.87. The van der Waals surface area contributed by atoms with Crippen molar-refractivity contribution >= 4 is 50.1 Å². The summed E-state index contributed by atoms with van der Waals surface area (Å²) in [5.41, 5.74) is 2.80. The Morgan fingerprint density at radius 3 is 2.77 bits per heavy atom. The number of fused-ring (bicyclic) bond motifs is 1. The van der Waals surface area contributed by atoms with Crippen molar-refractivity contribution in [3.63, 3.8) is 0 Å². The Balaban J connectivity index is 1.78. The van der Waals surface area contributed by atoms with Gasteiger partial charge in [-0.2, -0.15) is 5.10 Å². The third-order valence-electron chi connectivity index (χ3n) is 4.07. The number of aromatic nitrogens is 2. The van der Waals surface area contributed by atoms with Crippen molar-refractivity contribution in [2.45, 2.75) is 11.5 Å². The third-order valence-corrected chi connectivity index (χ3v) is 6.21. The van der Waals surface area contributed by atoms with E-state index in [4.69, 9.17) is 11.6 Å². The molecule has 1 amide bonds. The summed E-state index contributed by atoms with van der Waals surface area (Å²) in [6.07, 6.45) is 0. The van der Waals surface area contributed by atoms with Gasteiger partial charge in [-0.15, -0.1) is 0 Å². The second-order valence-electron chi connectivity index (χ2n) is 5.83.